The van der Waals surface area contributed by atoms with Gasteiger partial charge in [-0.15, -0.1) is 0 Å². The minimum Gasteiger partial charge on any atom is -0.468 e. The summed E-state index contributed by atoms with van der Waals surface area (Å²) in [5.74, 6) is 0.391. The molecule has 0 bridgehead atoms. The SMILES string of the molecule is CCCNC(CN1CCCCCC1C)(C(=O)OC)C1CC1. The Hall–Kier alpha value is -0.610. The predicted octanol–water partition coefficient (Wildman–Crippen LogP) is 2.57. The van der Waals surface area contributed by atoms with Crippen molar-refractivity contribution in [2.24, 2.45) is 5.92 Å². The molecule has 0 amide bonds. The molecule has 4 heteroatoms. The van der Waals surface area contributed by atoms with Gasteiger partial charge in [0.15, 0.2) is 0 Å². The molecule has 2 rings (SSSR count). The Morgan fingerprint density at radius 3 is 2.67 bits per heavy atom. The maximum absolute atomic E-state index is 12.6. The van der Waals surface area contributed by atoms with Crippen molar-refractivity contribution in [2.75, 3.05) is 26.7 Å². The fourth-order valence-electron chi connectivity index (χ4n) is 3.63. The van der Waals surface area contributed by atoms with Crippen LogP contribution in [0.1, 0.15) is 58.8 Å². The molecule has 21 heavy (non-hydrogen) atoms. The first kappa shape index (κ1) is 16.8. The van der Waals surface area contributed by atoms with Gasteiger partial charge in [0.05, 0.1) is 7.11 Å². The van der Waals surface area contributed by atoms with Gasteiger partial charge in [0.25, 0.3) is 0 Å². The van der Waals surface area contributed by atoms with Gasteiger partial charge in [-0.2, -0.15) is 0 Å². The fourth-order valence-corrected chi connectivity index (χ4v) is 3.63. The average molecular weight is 296 g/mol. The first-order valence-electron chi connectivity index (χ1n) is 8.71. The zero-order valence-electron chi connectivity index (χ0n) is 14.0. The van der Waals surface area contributed by atoms with Gasteiger partial charge >= 0.3 is 5.97 Å². The molecule has 1 aliphatic heterocycles. The van der Waals surface area contributed by atoms with Crippen molar-refractivity contribution in [3.05, 3.63) is 0 Å². The van der Waals surface area contributed by atoms with Crippen LogP contribution < -0.4 is 5.32 Å². The molecule has 0 aromatic rings. The number of methoxy groups -OCH3 is 1. The molecule has 1 N–H and O–H groups in total. The van der Waals surface area contributed by atoms with Gasteiger partial charge in [-0.3, -0.25) is 4.90 Å². The minimum absolute atomic E-state index is 0.0603. The van der Waals surface area contributed by atoms with Gasteiger partial charge in [0.1, 0.15) is 5.54 Å². The number of nitrogens with zero attached hydrogens (tertiary/aromatic N) is 1. The topological polar surface area (TPSA) is 41.6 Å². The van der Waals surface area contributed by atoms with E-state index in [1.54, 1.807) is 0 Å². The average Bonchev–Trinajstić information content (AvgIpc) is 3.33. The Kier molecular flexibility index (Phi) is 6.06. The van der Waals surface area contributed by atoms with Crippen molar-refractivity contribution in [2.45, 2.75) is 70.4 Å². The van der Waals surface area contributed by atoms with E-state index in [0.717, 1.165) is 38.9 Å². The molecule has 2 aliphatic rings. The number of rotatable bonds is 7. The van der Waals surface area contributed by atoms with Crippen LogP contribution in [0.15, 0.2) is 0 Å². The number of carbonyl (C=O) groups is 1. The first-order valence-corrected chi connectivity index (χ1v) is 8.71. The van der Waals surface area contributed by atoms with E-state index in [9.17, 15) is 4.79 Å². The van der Waals surface area contributed by atoms with E-state index in [1.165, 1.54) is 32.8 Å². The highest BCUT2D eigenvalue weighted by Crippen LogP contribution is 2.41. The standard InChI is InChI=1S/C17H32N2O2/c1-4-11-18-17(15-9-10-15,16(20)21-3)13-19-12-7-5-6-8-14(19)2/h14-15,18H,4-13H2,1-3H3. The van der Waals surface area contributed by atoms with Crippen molar-refractivity contribution in [3.63, 3.8) is 0 Å². The lowest BCUT2D eigenvalue weighted by Gasteiger charge is -2.39. The lowest BCUT2D eigenvalue weighted by atomic mass is 9.91. The lowest BCUT2D eigenvalue weighted by molar-refractivity contribution is -0.151. The summed E-state index contributed by atoms with van der Waals surface area (Å²) in [4.78, 5) is 15.1. The van der Waals surface area contributed by atoms with Crippen LogP contribution in [-0.4, -0.2) is 49.2 Å². The maximum atomic E-state index is 12.6. The number of ether oxygens (including phenoxy) is 1. The van der Waals surface area contributed by atoms with Crippen molar-refractivity contribution >= 4 is 5.97 Å². The second-order valence-corrected chi connectivity index (χ2v) is 6.83. The van der Waals surface area contributed by atoms with Crippen LogP contribution in [0.2, 0.25) is 0 Å². The summed E-state index contributed by atoms with van der Waals surface area (Å²) >= 11 is 0. The molecule has 1 heterocycles. The van der Waals surface area contributed by atoms with Crippen molar-refractivity contribution in [1.82, 2.24) is 10.2 Å². The van der Waals surface area contributed by atoms with Crippen molar-refractivity contribution in [3.8, 4) is 0 Å². The lowest BCUT2D eigenvalue weighted by Crippen LogP contribution is -2.62. The van der Waals surface area contributed by atoms with E-state index < -0.39 is 5.54 Å². The molecule has 0 aromatic carbocycles. The third kappa shape index (κ3) is 3.98. The third-order valence-corrected chi connectivity index (χ3v) is 5.16. The molecule has 1 aliphatic carbocycles. The highest BCUT2D eigenvalue weighted by Gasteiger charge is 2.52. The second-order valence-electron chi connectivity index (χ2n) is 6.83. The van der Waals surface area contributed by atoms with Crippen LogP contribution in [-0.2, 0) is 9.53 Å². The molecule has 1 saturated heterocycles. The second kappa shape index (κ2) is 7.59. The van der Waals surface area contributed by atoms with E-state index in [4.69, 9.17) is 4.74 Å². The molecule has 2 atom stereocenters. The Labute approximate surface area is 129 Å². The Balaban J connectivity index is 2.14. The monoisotopic (exact) mass is 296 g/mol. The summed E-state index contributed by atoms with van der Waals surface area (Å²) in [6, 6.07) is 0.568. The molecule has 4 nitrogen and oxygen atoms in total. The maximum Gasteiger partial charge on any atom is 0.327 e. The number of esters is 1. The third-order valence-electron chi connectivity index (χ3n) is 5.16. The normalized spacial score (nSPS) is 26.9. The minimum atomic E-state index is -0.483. The van der Waals surface area contributed by atoms with Crippen LogP contribution in [0.5, 0.6) is 0 Å². The van der Waals surface area contributed by atoms with E-state index in [0.29, 0.717) is 12.0 Å². The first-order chi connectivity index (χ1) is 10.1. The number of hydrogen-bond donors (Lipinski definition) is 1. The summed E-state index contributed by atoms with van der Waals surface area (Å²) in [6.07, 6.45) is 8.46. The van der Waals surface area contributed by atoms with Crippen LogP contribution in [0.4, 0.5) is 0 Å². The summed E-state index contributed by atoms with van der Waals surface area (Å²) in [5.41, 5.74) is -0.483. The van der Waals surface area contributed by atoms with Crippen LogP contribution in [0.25, 0.3) is 0 Å². The molecule has 122 valence electrons. The number of nitrogens with one attached hydrogen (secondary N) is 1. The molecule has 0 radical (unpaired) electrons. The van der Waals surface area contributed by atoms with Crippen molar-refractivity contribution < 1.29 is 9.53 Å². The molecule has 1 saturated carbocycles. The van der Waals surface area contributed by atoms with Gasteiger partial charge < -0.3 is 10.1 Å². The Morgan fingerprint density at radius 2 is 2.05 bits per heavy atom. The summed E-state index contributed by atoms with van der Waals surface area (Å²) in [6.45, 7) is 7.26. The number of carbonyl (C=O) groups excluding carboxylic acids is 1. The van der Waals surface area contributed by atoms with Gasteiger partial charge in [-0.25, -0.2) is 4.79 Å². The molecule has 0 aromatic heterocycles. The number of hydrogen-bond acceptors (Lipinski definition) is 4. The summed E-state index contributed by atoms with van der Waals surface area (Å²) in [5, 5.41) is 3.57. The van der Waals surface area contributed by atoms with E-state index in [2.05, 4.69) is 24.1 Å². The van der Waals surface area contributed by atoms with Gasteiger partial charge in [0.2, 0.25) is 0 Å². The molecule has 0 spiro atoms. The van der Waals surface area contributed by atoms with E-state index >= 15 is 0 Å². The highest BCUT2D eigenvalue weighted by atomic mass is 16.5. The summed E-state index contributed by atoms with van der Waals surface area (Å²) in [7, 11) is 1.53. The Bertz CT molecular complexity index is 344. The van der Waals surface area contributed by atoms with Gasteiger partial charge in [0, 0.05) is 12.6 Å². The van der Waals surface area contributed by atoms with Crippen LogP contribution in [0.3, 0.4) is 0 Å². The molecule has 2 fully saturated rings. The van der Waals surface area contributed by atoms with E-state index in [1.807, 2.05) is 0 Å². The van der Waals surface area contributed by atoms with Crippen molar-refractivity contribution in [1.29, 1.82) is 0 Å². The van der Waals surface area contributed by atoms with Gasteiger partial charge in [-0.05, 0) is 58.0 Å². The molecular weight excluding hydrogens is 264 g/mol. The quantitative estimate of drug-likeness (QED) is 0.733. The smallest absolute Gasteiger partial charge is 0.327 e. The number of likely N-dealkylation sites (tertiary alicyclic amines) is 1. The fraction of sp³-hybridized carbons (Fsp3) is 0.941. The van der Waals surface area contributed by atoms with E-state index in [-0.39, 0.29) is 5.97 Å². The predicted molar refractivity (Wildman–Crippen MR) is 85.3 cm³/mol. The zero-order valence-corrected chi connectivity index (χ0v) is 14.0. The Morgan fingerprint density at radius 1 is 1.29 bits per heavy atom. The molecule has 2 unspecified atom stereocenters. The van der Waals surface area contributed by atoms with Crippen LogP contribution in [0, 0.1) is 5.92 Å². The van der Waals surface area contributed by atoms with Crippen LogP contribution >= 0.6 is 0 Å². The largest absolute Gasteiger partial charge is 0.468 e. The van der Waals surface area contributed by atoms with Gasteiger partial charge in [-0.1, -0.05) is 19.8 Å². The highest BCUT2D eigenvalue weighted by molar-refractivity contribution is 5.82. The zero-order chi connectivity index (χ0) is 15.3. The molecular formula is C17H32N2O2. The summed E-state index contributed by atoms with van der Waals surface area (Å²) < 4.78 is 5.19.